The van der Waals surface area contributed by atoms with E-state index in [1.807, 2.05) is 0 Å². The van der Waals surface area contributed by atoms with Crippen LogP contribution in [0.5, 0.6) is 0 Å². The number of amides is 1. The van der Waals surface area contributed by atoms with Crippen molar-refractivity contribution in [2.45, 2.75) is 19.1 Å². The van der Waals surface area contributed by atoms with Gasteiger partial charge in [-0.25, -0.2) is 4.98 Å². The fraction of sp³-hybridized carbons (Fsp3) is 0.235. The zero-order chi connectivity index (χ0) is 20.5. The minimum absolute atomic E-state index is 0.263. The summed E-state index contributed by atoms with van der Waals surface area (Å²) < 4.78 is 39.2. The average Bonchev–Trinajstić information content (AvgIpc) is 3.22. The summed E-state index contributed by atoms with van der Waals surface area (Å²) in [6.07, 6.45) is -1.39. The second-order valence-corrected chi connectivity index (χ2v) is 7.09. The number of hydrogen-bond acceptors (Lipinski definition) is 6. The minimum Gasteiger partial charge on any atom is -0.383 e. The van der Waals surface area contributed by atoms with Gasteiger partial charge in [-0.1, -0.05) is 11.3 Å². The number of thiazole rings is 1. The third kappa shape index (κ3) is 4.25. The van der Waals surface area contributed by atoms with Crippen LogP contribution in [0.2, 0.25) is 0 Å². The van der Waals surface area contributed by atoms with Gasteiger partial charge < -0.3 is 16.4 Å². The van der Waals surface area contributed by atoms with Crippen LogP contribution in [0, 0.1) is 0 Å². The van der Waals surface area contributed by atoms with Crippen LogP contribution in [0.1, 0.15) is 33.8 Å². The molecule has 11 heteroatoms. The lowest BCUT2D eigenvalue weighted by Gasteiger charge is -2.11. The summed E-state index contributed by atoms with van der Waals surface area (Å²) in [5.41, 5.74) is 5.84. The Morgan fingerprint density at radius 3 is 2.50 bits per heavy atom. The van der Waals surface area contributed by atoms with Gasteiger partial charge >= 0.3 is 6.18 Å². The monoisotopic (exact) mass is 410 g/mol. The van der Waals surface area contributed by atoms with Gasteiger partial charge in [-0.15, -0.1) is 0 Å². The molecule has 148 valence electrons. The Morgan fingerprint density at radius 2 is 1.93 bits per heavy atom. The molecule has 1 amide bonds. The van der Waals surface area contributed by atoms with Crippen LogP contribution >= 0.6 is 11.3 Å². The number of nitrogens with two attached hydrogens (primary N) is 1. The molecule has 3 aromatic rings. The Balaban J connectivity index is 1.64. The van der Waals surface area contributed by atoms with Crippen LogP contribution in [-0.2, 0) is 13.2 Å². The summed E-state index contributed by atoms with van der Waals surface area (Å²) >= 11 is 1.28. The lowest BCUT2D eigenvalue weighted by atomic mass is 10.2. The van der Waals surface area contributed by atoms with Crippen LogP contribution in [0.3, 0.4) is 0 Å². The van der Waals surface area contributed by atoms with Crippen molar-refractivity contribution in [3.05, 3.63) is 52.7 Å². The summed E-state index contributed by atoms with van der Waals surface area (Å²) in [4.78, 5) is 17.3. The van der Waals surface area contributed by atoms with E-state index in [1.54, 1.807) is 20.2 Å². The number of rotatable bonds is 5. The molecule has 0 fully saturated rings. The molecule has 0 spiro atoms. The first-order valence-corrected chi connectivity index (χ1v) is 8.95. The molecule has 7 nitrogen and oxygen atoms in total. The highest BCUT2D eigenvalue weighted by Gasteiger charge is 2.30. The third-order valence-corrected chi connectivity index (χ3v) is 5.09. The van der Waals surface area contributed by atoms with E-state index in [4.69, 9.17) is 5.73 Å². The van der Waals surface area contributed by atoms with E-state index in [9.17, 15) is 18.0 Å². The largest absolute Gasteiger partial charge is 0.416 e. The molecular formula is C17H17F3N6OS. The molecule has 4 N–H and O–H groups in total. The molecule has 0 aliphatic carbocycles. The molecule has 0 bridgehead atoms. The van der Waals surface area contributed by atoms with Crippen molar-refractivity contribution < 1.29 is 18.0 Å². The quantitative estimate of drug-likeness (QED) is 0.596. The topological polar surface area (TPSA) is 97.9 Å². The van der Waals surface area contributed by atoms with E-state index >= 15 is 0 Å². The van der Waals surface area contributed by atoms with Crippen molar-refractivity contribution in [2.24, 2.45) is 7.05 Å². The fourth-order valence-electron chi connectivity index (χ4n) is 2.38. The molecule has 1 atom stereocenters. The number of carbonyl (C=O) groups is 1. The first-order chi connectivity index (χ1) is 13.1. The maximum atomic E-state index is 12.6. The minimum atomic E-state index is -4.38. The molecule has 1 unspecified atom stereocenters. The van der Waals surface area contributed by atoms with E-state index < -0.39 is 11.7 Å². The van der Waals surface area contributed by atoms with E-state index in [-0.39, 0.29) is 23.3 Å². The predicted molar refractivity (Wildman–Crippen MR) is 100 cm³/mol. The van der Waals surface area contributed by atoms with Crippen molar-refractivity contribution >= 4 is 33.9 Å². The van der Waals surface area contributed by atoms with Gasteiger partial charge in [-0.2, -0.15) is 18.3 Å². The number of nitrogen functional groups attached to an aromatic ring is 1. The molecule has 0 aliphatic heterocycles. The number of aromatic nitrogens is 3. The number of hydrogen-bond donors (Lipinski definition) is 3. The predicted octanol–water partition coefficient (Wildman–Crippen LogP) is 3.71. The molecule has 28 heavy (non-hydrogen) atoms. The normalized spacial score (nSPS) is 12.6. The lowest BCUT2D eigenvalue weighted by molar-refractivity contribution is -0.137. The molecule has 2 heterocycles. The van der Waals surface area contributed by atoms with Crippen molar-refractivity contribution in [1.82, 2.24) is 20.1 Å². The molecule has 1 aromatic carbocycles. The Morgan fingerprint density at radius 1 is 1.25 bits per heavy atom. The SMILES string of the molecule is CC(NC(=O)c1cnn(C)c1N)c1cnc(Nc2ccc(C(F)(F)F)cc2)s1. The van der Waals surface area contributed by atoms with E-state index in [2.05, 4.69) is 20.7 Å². The fourth-order valence-corrected chi connectivity index (χ4v) is 3.22. The van der Waals surface area contributed by atoms with Gasteiger partial charge in [0.2, 0.25) is 0 Å². The molecular weight excluding hydrogens is 393 g/mol. The van der Waals surface area contributed by atoms with Gasteiger partial charge in [-0.3, -0.25) is 9.48 Å². The number of nitrogens with one attached hydrogen (secondary N) is 2. The van der Waals surface area contributed by atoms with Gasteiger partial charge in [0.15, 0.2) is 5.13 Å². The average molecular weight is 410 g/mol. The van der Waals surface area contributed by atoms with Crippen molar-refractivity contribution in [2.75, 3.05) is 11.1 Å². The maximum absolute atomic E-state index is 12.6. The van der Waals surface area contributed by atoms with Crippen LogP contribution < -0.4 is 16.4 Å². The maximum Gasteiger partial charge on any atom is 0.416 e. The zero-order valence-electron chi connectivity index (χ0n) is 14.9. The van der Waals surface area contributed by atoms with Crippen molar-refractivity contribution in [3.63, 3.8) is 0 Å². The number of anilines is 3. The molecule has 0 aliphatic rings. The molecule has 3 rings (SSSR count). The highest BCUT2D eigenvalue weighted by Crippen LogP contribution is 2.31. The Labute approximate surface area is 162 Å². The molecule has 0 radical (unpaired) electrons. The standard InChI is InChI=1S/C17H17F3N6OS/c1-9(24-15(27)12-7-23-26(2)14(12)21)13-8-22-16(28-13)25-11-5-3-10(4-6-11)17(18,19)20/h3-9H,21H2,1-2H3,(H,22,25)(H,24,27). The Kier molecular flexibility index (Phi) is 5.27. The number of benzene rings is 1. The van der Waals surface area contributed by atoms with Gasteiger partial charge in [0.1, 0.15) is 11.4 Å². The zero-order valence-corrected chi connectivity index (χ0v) is 15.7. The van der Waals surface area contributed by atoms with E-state index in [0.29, 0.717) is 10.8 Å². The second-order valence-electron chi connectivity index (χ2n) is 6.03. The van der Waals surface area contributed by atoms with Gasteiger partial charge in [0.25, 0.3) is 5.91 Å². The highest BCUT2D eigenvalue weighted by molar-refractivity contribution is 7.15. The second kappa shape index (κ2) is 7.50. The van der Waals surface area contributed by atoms with Gasteiger partial charge in [0.05, 0.1) is 17.8 Å². The number of halogens is 3. The Hall–Kier alpha value is -3.08. The third-order valence-electron chi connectivity index (χ3n) is 3.99. The molecule has 0 saturated carbocycles. The van der Waals surface area contributed by atoms with Gasteiger partial charge in [0, 0.05) is 23.8 Å². The Bertz CT molecular complexity index is 980. The summed E-state index contributed by atoms with van der Waals surface area (Å²) in [6.45, 7) is 1.79. The van der Waals surface area contributed by atoms with Crippen molar-refractivity contribution in [1.29, 1.82) is 0 Å². The van der Waals surface area contributed by atoms with Crippen LogP contribution in [0.15, 0.2) is 36.7 Å². The summed E-state index contributed by atoms with van der Waals surface area (Å²) in [7, 11) is 1.64. The van der Waals surface area contributed by atoms with Gasteiger partial charge in [-0.05, 0) is 31.2 Å². The van der Waals surface area contributed by atoms with Crippen molar-refractivity contribution in [3.8, 4) is 0 Å². The van der Waals surface area contributed by atoms with E-state index in [0.717, 1.165) is 17.0 Å². The number of nitrogens with zero attached hydrogens (tertiary/aromatic N) is 3. The summed E-state index contributed by atoms with van der Waals surface area (Å²) in [6, 6.07) is 4.32. The smallest absolute Gasteiger partial charge is 0.383 e. The number of carbonyl (C=O) groups excluding carboxylic acids is 1. The number of alkyl halides is 3. The first-order valence-electron chi connectivity index (χ1n) is 8.13. The summed E-state index contributed by atoms with van der Waals surface area (Å²) in [5.74, 6) is -0.0950. The summed E-state index contributed by atoms with van der Waals surface area (Å²) in [5, 5.41) is 10.2. The van der Waals surface area contributed by atoms with Crippen LogP contribution in [-0.4, -0.2) is 20.7 Å². The lowest BCUT2D eigenvalue weighted by Crippen LogP contribution is -2.26. The van der Waals surface area contributed by atoms with Crippen LogP contribution in [0.4, 0.5) is 29.8 Å². The molecule has 2 aromatic heterocycles. The van der Waals surface area contributed by atoms with E-state index in [1.165, 1.54) is 34.3 Å². The molecule has 0 saturated heterocycles. The van der Waals surface area contributed by atoms with Crippen LogP contribution in [0.25, 0.3) is 0 Å². The highest BCUT2D eigenvalue weighted by atomic mass is 32.1. The number of aryl methyl sites for hydroxylation is 1. The first kappa shape index (κ1) is 19.7.